The third-order valence-corrected chi connectivity index (χ3v) is 7.16. The molecule has 40 heavy (non-hydrogen) atoms. The van der Waals surface area contributed by atoms with E-state index < -0.39 is 17.3 Å². The van der Waals surface area contributed by atoms with Crippen molar-refractivity contribution in [3.8, 4) is 11.3 Å². The number of hydrogen-bond acceptors (Lipinski definition) is 8. The van der Waals surface area contributed by atoms with E-state index in [4.69, 9.17) is 4.74 Å². The normalized spacial score (nSPS) is 19.4. The minimum Gasteiger partial charge on any atom is -0.444 e. The summed E-state index contributed by atoms with van der Waals surface area (Å²) in [4.78, 5) is 34.1. The third kappa shape index (κ3) is 6.64. The smallest absolute Gasteiger partial charge is 0.419 e. The van der Waals surface area contributed by atoms with Gasteiger partial charge in [0.05, 0.1) is 5.69 Å². The maximum atomic E-state index is 13.8. The summed E-state index contributed by atoms with van der Waals surface area (Å²) >= 11 is 0. The number of rotatable bonds is 6. The van der Waals surface area contributed by atoms with Crippen molar-refractivity contribution in [2.24, 2.45) is 0 Å². The topological polar surface area (TPSA) is 103 Å². The van der Waals surface area contributed by atoms with Crippen LogP contribution >= 0.6 is 0 Å². The molecule has 2 saturated heterocycles. The van der Waals surface area contributed by atoms with Gasteiger partial charge in [-0.2, -0.15) is 13.2 Å². The molecule has 0 unspecified atom stereocenters. The van der Waals surface area contributed by atoms with E-state index >= 15 is 0 Å². The first kappa shape index (κ1) is 28.1. The highest BCUT2D eigenvalue weighted by Crippen LogP contribution is 2.38. The van der Waals surface area contributed by atoms with Gasteiger partial charge in [0.15, 0.2) is 0 Å². The van der Waals surface area contributed by atoms with E-state index in [0.29, 0.717) is 29.7 Å². The second kappa shape index (κ2) is 11.2. The average Bonchev–Trinajstić information content (AvgIpc) is 3.53. The van der Waals surface area contributed by atoms with E-state index in [9.17, 15) is 18.0 Å². The molecular weight excluding hydrogens is 525 g/mol. The highest BCUT2D eigenvalue weighted by Gasteiger charge is 2.36. The Morgan fingerprint density at radius 3 is 2.58 bits per heavy atom. The fraction of sp³-hybridized carbons (Fsp3) is 0.556. The standard InChI is InChI=1S/C27H35F3N8O2/c1-26(2,3)40-25(39)38-13-11-36(12-14-38)9-10-37-8-6-18(17-37)34-24-33-16-21(27(28,29)30)22(35-24)20-15-32-23-19(20)5-4-7-31-23/h4-5,7,15-16,18H,6,8-14,17H2,1-3H3,(H,31,32)(H,33,34,35)/t18-/m1/s1. The molecule has 5 heterocycles. The number of carbonyl (C=O) groups is 1. The Morgan fingerprint density at radius 2 is 1.85 bits per heavy atom. The van der Waals surface area contributed by atoms with E-state index in [2.05, 4.69) is 35.1 Å². The SMILES string of the molecule is CC(C)(C)OC(=O)N1CCN(CCN2CC[C@@H](Nc3ncc(C(F)(F)F)c(-c4c[nH]c5ncccc45)n3)C2)CC1. The lowest BCUT2D eigenvalue weighted by atomic mass is 10.1. The minimum absolute atomic E-state index is 0.0261. The Bertz CT molecular complexity index is 1330. The maximum Gasteiger partial charge on any atom is 0.419 e. The Labute approximate surface area is 230 Å². The van der Waals surface area contributed by atoms with Gasteiger partial charge in [-0.3, -0.25) is 9.80 Å². The summed E-state index contributed by atoms with van der Waals surface area (Å²) in [5, 5.41) is 3.81. The zero-order valence-corrected chi connectivity index (χ0v) is 23.0. The zero-order chi connectivity index (χ0) is 28.5. The Morgan fingerprint density at radius 1 is 1.10 bits per heavy atom. The van der Waals surface area contributed by atoms with Crippen LogP contribution in [0, 0.1) is 0 Å². The summed E-state index contributed by atoms with van der Waals surface area (Å²) in [6.07, 6.45) is -0.0928. The lowest BCUT2D eigenvalue weighted by molar-refractivity contribution is -0.137. The van der Waals surface area contributed by atoms with Crippen molar-refractivity contribution < 1.29 is 22.7 Å². The van der Waals surface area contributed by atoms with Crippen LogP contribution in [-0.4, -0.2) is 105 Å². The molecule has 3 aromatic heterocycles. The fourth-order valence-corrected chi connectivity index (χ4v) is 5.12. The molecule has 2 aliphatic heterocycles. The van der Waals surface area contributed by atoms with E-state index in [1.54, 1.807) is 23.2 Å². The highest BCUT2D eigenvalue weighted by atomic mass is 19.4. The number of halogens is 3. The van der Waals surface area contributed by atoms with Crippen LogP contribution in [0.1, 0.15) is 32.8 Å². The van der Waals surface area contributed by atoms with Crippen molar-refractivity contribution >= 4 is 23.1 Å². The summed E-state index contributed by atoms with van der Waals surface area (Å²) in [6, 6.07) is 3.43. The van der Waals surface area contributed by atoms with Crippen LogP contribution in [0.2, 0.25) is 0 Å². The van der Waals surface area contributed by atoms with Gasteiger partial charge in [0, 0.05) is 87.9 Å². The fourth-order valence-electron chi connectivity index (χ4n) is 5.12. The van der Waals surface area contributed by atoms with Crippen LogP contribution < -0.4 is 5.32 Å². The summed E-state index contributed by atoms with van der Waals surface area (Å²) in [5.41, 5.74) is -0.737. The number of ether oxygens (including phenoxy) is 1. The molecule has 0 aliphatic carbocycles. The quantitative estimate of drug-likeness (QED) is 0.465. The number of nitrogens with one attached hydrogen (secondary N) is 2. The molecule has 0 bridgehead atoms. The molecular formula is C27H35F3N8O2. The molecule has 1 amide bonds. The van der Waals surface area contributed by atoms with Crippen LogP contribution in [-0.2, 0) is 10.9 Å². The van der Waals surface area contributed by atoms with E-state index in [-0.39, 0.29) is 23.8 Å². The largest absolute Gasteiger partial charge is 0.444 e. The number of alkyl halides is 3. The molecule has 0 spiro atoms. The third-order valence-electron chi connectivity index (χ3n) is 7.16. The van der Waals surface area contributed by atoms with Crippen molar-refractivity contribution in [2.45, 2.75) is 45.0 Å². The van der Waals surface area contributed by atoms with Crippen LogP contribution in [0.5, 0.6) is 0 Å². The number of fused-ring (bicyclic) bond motifs is 1. The Hall–Kier alpha value is -3.45. The number of pyridine rings is 1. The summed E-state index contributed by atoms with van der Waals surface area (Å²) < 4.78 is 47.0. The average molecular weight is 561 g/mol. The first-order valence-electron chi connectivity index (χ1n) is 13.5. The molecule has 10 nitrogen and oxygen atoms in total. The van der Waals surface area contributed by atoms with Gasteiger partial charge in [-0.1, -0.05) is 0 Å². The number of anilines is 1. The minimum atomic E-state index is -4.60. The number of aromatic nitrogens is 4. The summed E-state index contributed by atoms with van der Waals surface area (Å²) in [7, 11) is 0. The zero-order valence-electron chi connectivity index (χ0n) is 23.0. The second-order valence-corrected chi connectivity index (χ2v) is 11.3. The summed E-state index contributed by atoms with van der Waals surface area (Å²) in [5.74, 6) is 0.173. The van der Waals surface area contributed by atoms with E-state index in [1.807, 2.05) is 20.8 Å². The van der Waals surface area contributed by atoms with Crippen LogP contribution in [0.4, 0.5) is 23.9 Å². The predicted molar refractivity (Wildman–Crippen MR) is 145 cm³/mol. The number of likely N-dealkylation sites (tertiary alicyclic amines) is 1. The van der Waals surface area contributed by atoms with Gasteiger partial charge in [-0.05, 0) is 39.3 Å². The molecule has 2 aliphatic rings. The van der Waals surface area contributed by atoms with Crippen molar-refractivity contribution in [1.82, 2.24) is 34.6 Å². The summed E-state index contributed by atoms with van der Waals surface area (Å²) in [6.45, 7) is 11.8. The van der Waals surface area contributed by atoms with Crippen LogP contribution in [0.25, 0.3) is 22.3 Å². The second-order valence-electron chi connectivity index (χ2n) is 11.3. The molecule has 0 saturated carbocycles. The van der Waals surface area contributed by atoms with E-state index in [1.165, 1.54) is 6.20 Å². The molecule has 0 radical (unpaired) electrons. The van der Waals surface area contributed by atoms with Gasteiger partial charge in [-0.25, -0.2) is 19.7 Å². The number of nitrogens with zero attached hydrogens (tertiary/aromatic N) is 6. The van der Waals surface area contributed by atoms with Crippen molar-refractivity contribution in [1.29, 1.82) is 0 Å². The molecule has 2 N–H and O–H groups in total. The lowest BCUT2D eigenvalue weighted by Crippen LogP contribution is -2.51. The molecule has 13 heteroatoms. The number of piperazine rings is 1. The molecule has 216 valence electrons. The Balaban J connectivity index is 1.16. The van der Waals surface area contributed by atoms with Gasteiger partial charge >= 0.3 is 12.3 Å². The Kier molecular flexibility index (Phi) is 7.87. The van der Waals surface area contributed by atoms with Gasteiger partial charge in [0.1, 0.15) is 16.8 Å². The van der Waals surface area contributed by atoms with Crippen LogP contribution in [0.15, 0.2) is 30.7 Å². The van der Waals surface area contributed by atoms with Crippen molar-refractivity contribution in [3.63, 3.8) is 0 Å². The number of carbonyl (C=O) groups excluding carboxylic acids is 1. The monoisotopic (exact) mass is 560 g/mol. The highest BCUT2D eigenvalue weighted by molar-refractivity contribution is 5.93. The number of hydrogen-bond donors (Lipinski definition) is 2. The van der Waals surface area contributed by atoms with Crippen molar-refractivity contribution in [3.05, 3.63) is 36.3 Å². The molecule has 5 rings (SSSR count). The molecule has 3 aromatic rings. The molecule has 0 aromatic carbocycles. The number of amides is 1. The van der Waals surface area contributed by atoms with Gasteiger partial charge in [-0.15, -0.1) is 0 Å². The number of H-pyrrole nitrogens is 1. The van der Waals surface area contributed by atoms with Crippen LogP contribution in [0.3, 0.4) is 0 Å². The lowest BCUT2D eigenvalue weighted by Gasteiger charge is -2.36. The maximum absolute atomic E-state index is 13.8. The number of aromatic amines is 1. The van der Waals surface area contributed by atoms with Gasteiger partial charge in [0.2, 0.25) is 5.95 Å². The first-order valence-corrected chi connectivity index (χ1v) is 13.5. The predicted octanol–water partition coefficient (Wildman–Crippen LogP) is 4.08. The van der Waals surface area contributed by atoms with Crippen molar-refractivity contribution in [2.75, 3.05) is 57.7 Å². The molecule has 2 fully saturated rings. The van der Waals surface area contributed by atoms with Gasteiger partial charge in [0.25, 0.3) is 0 Å². The van der Waals surface area contributed by atoms with E-state index in [0.717, 1.165) is 51.9 Å². The first-order chi connectivity index (χ1) is 19.0. The molecule has 1 atom stereocenters. The van der Waals surface area contributed by atoms with Gasteiger partial charge < -0.3 is 19.9 Å².